The Kier molecular flexibility index (Phi) is 8.79. The second-order valence-electron chi connectivity index (χ2n) is 13.0. The molecule has 0 amide bonds. The molecule has 0 unspecified atom stereocenters. The highest BCUT2D eigenvalue weighted by Crippen LogP contribution is 2.52. The molecule has 49 heavy (non-hydrogen) atoms. The van der Waals surface area contributed by atoms with Crippen LogP contribution in [0.2, 0.25) is 0 Å². The van der Waals surface area contributed by atoms with Crippen molar-refractivity contribution >= 4 is 28.1 Å². The summed E-state index contributed by atoms with van der Waals surface area (Å²) >= 11 is 0. The Bertz CT molecular complexity index is 1740. The summed E-state index contributed by atoms with van der Waals surface area (Å²) in [7, 11) is 1.16. The molecule has 0 spiro atoms. The molecule has 0 saturated carbocycles. The third-order valence-electron chi connectivity index (χ3n) is 9.99. The summed E-state index contributed by atoms with van der Waals surface area (Å²) in [5.74, 6) is -9.76. The van der Waals surface area contributed by atoms with Crippen molar-refractivity contribution < 1.29 is 78.9 Å². The van der Waals surface area contributed by atoms with Crippen molar-refractivity contribution in [1.82, 2.24) is 0 Å². The number of aliphatic hydroxyl groups is 5. The average Bonchev–Trinajstić information content (AvgIpc) is 2.99. The molecule has 2 fully saturated rings. The number of benzene rings is 2. The third-order valence-corrected chi connectivity index (χ3v) is 9.99. The zero-order chi connectivity index (χ0) is 35.9. The Hall–Kier alpha value is -3.71. The molecule has 2 aliphatic carbocycles. The molecule has 4 aliphatic rings. The fraction of sp³-hybridized carbons (Fsp3) is 0.545. The van der Waals surface area contributed by atoms with E-state index in [0.29, 0.717) is 0 Å². The number of aromatic hydroxyl groups is 3. The molecule has 16 nitrogen and oxygen atoms in total. The standard InChI is InChI=1S/C33H38O16/c1-11(34)23-28(40)29(45-4)17-7-15-5-14-6-16(35)8-18(36)24(14)27(39)25(15)31(42)32(17,30(23)41)49-22-10-20(33(43,44)13(3)47-22)48-21-9-19(37)26(38)12(2)46-21/h5-6,8,12-13,17,19-22,26,29,35-39,41,43-44H,7,9-10H2,1-4H3/t12-,13-,17+,19-,20+,21+,22+,26-,29+,32-/m1/s1. The maximum atomic E-state index is 14.8. The molecule has 0 aromatic heterocycles. The Morgan fingerprint density at radius 2 is 1.67 bits per heavy atom. The Morgan fingerprint density at radius 1 is 0.980 bits per heavy atom. The van der Waals surface area contributed by atoms with Gasteiger partial charge >= 0.3 is 0 Å². The number of methoxy groups -OCH3 is 1. The summed E-state index contributed by atoms with van der Waals surface area (Å²) in [6.45, 7) is 3.74. The van der Waals surface area contributed by atoms with Crippen LogP contribution in [-0.2, 0) is 39.7 Å². The number of ether oxygens (including phenoxy) is 5. The lowest BCUT2D eigenvalue weighted by molar-refractivity contribution is -0.388. The molecule has 2 heterocycles. The van der Waals surface area contributed by atoms with Crippen LogP contribution in [0.25, 0.3) is 10.8 Å². The van der Waals surface area contributed by atoms with Gasteiger partial charge in [-0.2, -0.15) is 0 Å². The molecule has 16 heteroatoms. The van der Waals surface area contributed by atoms with Gasteiger partial charge in [0.25, 0.3) is 0 Å². The largest absolute Gasteiger partial charge is 0.508 e. The molecule has 0 radical (unpaired) electrons. The first kappa shape index (κ1) is 35.1. The monoisotopic (exact) mass is 690 g/mol. The molecular formula is C33H38O16. The van der Waals surface area contributed by atoms with Gasteiger partial charge in [0.05, 0.1) is 23.2 Å². The molecule has 2 aromatic carbocycles. The SMILES string of the molecule is CO[C@@H]1C(=O)C(C(C)=O)=C(O)[C@@]2(O[C@H]3C[C@H](O[C@H]4C[C@@H](O)[C@H](O)[C@@H](C)O4)C(O)(O)[C@@H](C)O3)C(=O)c3c(cc4cc(O)cc(O)c4c3O)C[C@@H]12. The molecule has 2 saturated heterocycles. The fourth-order valence-electron chi connectivity index (χ4n) is 7.46. The van der Waals surface area contributed by atoms with Crippen LogP contribution in [0.5, 0.6) is 17.2 Å². The second kappa shape index (κ2) is 12.3. The van der Waals surface area contributed by atoms with Gasteiger partial charge in [-0.1, -0.05) is 0 Å². The summed E-state index contributed by atoms with van der Waals surface area (Å²) in [5.41, 5.74) is -3.71. The maximum absolute atomic E-state index is 14.8. The number of aliphatic hydroxyl groups excluding tert-OH is 3. The highest BCUT2D eigenvalue weighted by atomic mass is 16.7. The van der Waals surface area contributed by atoms with E-state index in [4.69, 9.17) is 23.7 Å². The van der Waals surface area contributed by atoms with Gasteiger partial charge in [-0.05, 0) is 50.3 Å². The Morgan fingerprint density at radius 3 is 2.31 bits per heavy atom. The highest BCUT2D eigenvalue weighted by Gasteiger charge is 2.65. The van der Waals surface area contributed by atoms with Gasteiger partial charge in [-0.15, -0.1) is 0 Å². The molecule has 0 bridgehead atoms. The molecule has 2 aromatic rings. The van der Waals surface area contributed by atoms with Crippen LogP contribution in [0.3, 0.4) is 0 Å². The second-order valence-corrected chi connectivity index (χ2v) is 13.0. The van der Waals surface area contributed by atoms with Crippen molar-refractivity contribution in [1.29, 1.82) is 0 Å². The van der Waals surface area contributed by atoms with Crippen LogP contribution >= 0.6 is 0 Å². The first-order valence-electron chi connectivity index (χ1n) is 15.7. The lowest BCUT2D eigenvalue weighted by Gasteiger charge is -2.51. The van der Waals surface area contributed by atoms with E-state index in [0.717, 1.165) is 20.1 Å². The minimum atomic E-state index is -2.69. The van der Waals surface area contributed by atoms with E-state index in [1.54, 1.807) is 0 Å². The summed E-state index contributed by atoms with van der Waals surface area (Å²) in [6.07, 6.45) is -11.9. The first-order valence-corrected chi connectivity index (χ1v) is 15.7. The van der Waals surface area contributed by atoms with Crippen molar-refractivity contribution in [2.45, 2.75) is 101 Å². The van der Waals surface area contributed by atoms with Gasteiger partial charge in [0.1, 0.15) is 53.0 Å². The van der Waals surface area contributed by atoms with E-state index in [1.165, 1.54) is 26.0 Å². The maximum Gasteiger partial charge on any atom is 0.217 e. The van der Waals surface area contributed by atoms with Crippen LogP contribution in [0.4, 0.5) is 0 Å². The lowest BCUT2D eigenvalue weighted by Crippen LogP contribution is -2.66. The van der Waals surface area contributed by atoms with Gasteiger partial charge in [0.2, 0.25) is 11.6 Å². The normalized spacial score (nSPS) is 36.0. The fourth-order valence-corrected chi connectivity index (χ4v) is 7.46. The quantitative estimate of drug-likeness (QED) is 0.148. The zero-order valence-electron chi connectivity index (χ0n) is 26.9. The third kappa shape index (κ3) is 5.38. The minimum Gasteiger partial charge on any atom is -0.508 e. The van der Waals surface area contributed by atoms with Gasteiger partial charge in [0.15, 0.2) is 29.7 Å². The van der Waals surface area contributed by atoms with Crippen molar-refractivity contribution in [3.63, 3.8) is 0 Å². The van der Waals surface area contributed by atoms with Gasteiger partial charge in [0, 0.05) is 31.9 Å². The van der Waals surface area contributed by atoms with Gasteiger partial charge in [-0.25, -0.2) is 0 Å². The molecule has 10 atom stereocenters. The van der Waals surface area contributed by atoms with E-state index in [2.05, 4.69) is 0 Å². The smallest absolute Gasteiger partial charge is 0.217 e. The number of phenolic OH excluding ortho intramolecular Hbond substituents is 3. The number of rotatable bonds is 6. The Balaban J connectivity index is 1.47. The van der Waals surface area contributed by atoms with Crippen LogP contribution in [-0.4, -0.2) is 126 Å². The zero-order valence-corrected chi connectivity index (χ0v) is 26.9. The number of fused-ring (bicyclic) bond motifs is 3. The van der Waals surface area contributed by atoms with Crippen LogP contribution in [0.1, 0.15) is 49.5 Å². The number of Topliss-reactive ketones (excluding diaryl/α,β-unsaturated/α-hetero) is 3. The van der Waals surface area contributed by atoms with Crippen molar-refractivity contribution in [2.75, 3.05) is 7.11 Å². The lowest BCUT2D eigenvalue weighted by atomic mass is 9.62. The van der Waals surface area contributed by atoms with Gasteiger partial charge < -0.3 is 64.5 Å². The molecule has 266 valence electrons. The highest BCUT2D eigenvalue weighted by molar-refractivity contribution is 6.25. The van der Waals surface area contributed by atoms with Crippen LogP contribution < -0.4 is 0 Å². The number of carbonyl (C=O) groups is 3. The summed E-state index contributed by atoms with van der Waals surface area (Å²) in [5, 5.41) is 86.1. The van der Waals surface area contributed by atoms with E-state index < -0.39 is 119 Å². The molecule has 6 rings (SSSR count). The first-order chi connectivity index (χ1) is 22.9. The van der Waals surface area contributed by atoms with Gasteiger partial charge in [-0.3, -0.25) is 14.4 Å². The predicted octanol–water partition coefficient (Wildman–Crippen LogP) is 0.124. The molecular weight excluding hydrogens is 652 g/mol. The van der Waals surface area contributed by atoms with Crippen LogP contribution in [0.15, 0.2) is 29.5 Å². The summed E-state index contributed by atoms with van der Waals surface area (Å²) < 4.78 is 29.0. The topological polar surface area (TPSA) is 259 Å². The molecule has 2 aliphatic heterocycles. The summed E-state index contributed by atoms with van der Waals surface area (Å²) in [4.78, 5) is 41.2. The van der Waals surface area contributed by atoms with E-state index in [-0.39, 0.29) is 34.9 Å². The molecule has 8 N–H and O–H groups in total. The number of phenols is 3. The van der Waals surface area contributed by atoms with E-state index in [1.807, 2.05) is 0 Å². The Labute approximate surface area is 278 Å². The number of hydrogen-bond donors (Lipinski definition) is 8. The van der Waals surface area contributed by atoms with Crippen molar-refractivity contribution in [3.05, 3.63) is 40.7 Å². The summed E-state index contributed by atoms with van der Waals surface area (Å²) in [6, 6.07) is 3.61. The van der Waals surface area contributed by atoms with E-state index in [9.17, 15) is 55.2 Å². The predicted molar refractivity (Wildman–Crippen MR) is 162 cm³/mol. The van der Waals surface area contributed by atoms with Crippen LogP contribution in [0, 0.1) is 5.92 Å². The average molecular weight is 691 g/mol. The van der Waals surface area contributed by atoms with Crippen molar-refractivity contribution in [3.8, 4) is 17.2 Å². The number of ketones is 3. The van der Waals surface area contributed by atoms with Crippen molar-refractivity contribution in [2.24, 2.45) is 5.92 Å². The number of carbonyl (C=O) groups excluding carboxylic acids is 3. The number of hydrogen-bond acceptors (Lipinski definition) is 16. The van der Waals surface area contributed by atoms with E-state index >= 15 is 0 Å². The minimum absolute atomic E-state index is 0.145.